The first-order valence-electron chi connectivity index (χ1n) is 8.66. The summed E-state index contributed by atoms with van der Waals surface area (Å²) >= 11 is 0. The third-order valence-electron chi connectivity index (χ3n) is 4.62. The summed E-state index contributed by atoms with van der Waals surface area (Å²) in [5, 5.41) is 2.85. The molecule has 1 aromatic heterocycles. The second-order valence-corrected chi connectivity index (χ2v) is 6.72. The zero-order valence-corrected chi connectivity index (χ0v) is 14.7. The second-order valence-electron chi connectivity index (χ2n) is 6.72. The number of piperidine rings is 1. The van der Waals surface area contributed by atoms with Crippen molar-refractivity contribution < 1.29 is 9.59 Å². The number of carbonyl (C=O) groups is 2. The molecule has 1 aromatic carbocycles. The van der Waals surface area contributed by atoms with Crippen LogP contribution in [0, 0.1) is 12.8 Å². The Morgan fingerprint density at radius 2 is 1.80 bits per heavy atom. The Hall–Kier alpha value is -2.69. The van der Waals surface area contributed by atoms with Gasteiger partial charge >= 0.3 is 0 Å². The average molecular weight is 337 g/mol. The number of rotatable bonds is 3. The first-order valence-corrected chi connectivity index (χ1v) is 8.66. The standard InChI is InChI=1S/C20H23N3O2/c1-14-3-5-17(6-4-14)22-19(24)16-7-10-21-18(13-16)20(25)23-11-8-15(2)9-12-23/h3-7,10,13,15H,8-9,11-12H2,1-2H3,(H,22,24). The van der Waals surface area contributed by atoms with Gasteiger partial charge in [0.15, 0.2) is 0 Å². The maximum atomic E-state index is 12.6. The highest BCUT2D eigenvalue weighted by atomic mass is 16.2. The number of carbonyl (C=O) groups excluding carboxylic acids is 2. The summed E-state index contributed by atoms with van der Waals surface area (Å²) in [4.78, 5) is 31.0. The Morgan fingerprint density at radius 3 is 2.48 bits per heavy atom. The molecule has 3 rings (SSSR count). The number of hydrogen-bond donors (Lipinski definition) is 1. The molecule has 25 heavy (non-hydrogen) atoms. The van der Waals surface area contributed by atoms with Crippen molar-refractivity contribution >= 4 is 17.5 Å². The predicted molar refractivity (Wildman–Crippen MR) is 97.7 cm³/mol. The van der Waals surface area contributed by atoms with Crippen LogP contribution in [0.4, 0.5) is 5.69 Å². The number of aryl methyl sites for hydroxylation is 1. The normalized spacial score (nSPS) is 15.0. The van der Waals surface area contributed by atoms with E-state index in [9.17, 15) is 9.59 Å². The average Bonchev–Trinajstić information content (AvgIpc) is 2.64. The minimum absolute atomic E-state index is 0.100. The van der Waals surface area contributed by atoms with Gasteiger partial charge in [-0.2, -0.15) is 0 Å². The molecule has 1 aliphatic rings. The number of anilines is 1. The number of pyridine rings is 1. The van der Waals surface area contributed by atoms with Crippen molar-refractivity contribution in [3.05, 3.63) is 59.4 Å². The molecule has 0 bridgehead atoms. The smallest absolute Gasteiger partial charge is 0.272 e. The predicted octanol–water partition coefficient (Wildman–Crippen LogP) is 3.51. The van der Waals surface area contributed by atoms with E-state index < -0.39 is 0 Å². The SMILES string of the molecule is Cc1ccc(NC(=O)c2ccnc(C(=O)N3CCC(C)CC3)c2)cc1. The van der Waals surface area contributed by atoms with E-state index in [1.54, 1.807) is 12.1 Å². The number of nitrogens with zero attached hydrogens (tertiary/aromatic N) is 2. The molecule has 2 amide bonds. The van der Waals surface area contributed by atoms with Gasteiger partial charge in [0.05, 0.1) is 0 Å². The topological polar surface area (TPSA) is 62.3 Å². The highest BCUT2D eigenvalue weighted by Crippen LogP contribution is 2.18. The fourth-order valence-corrected chi connectivity index (χ4v) is 2.90. The fourth-order valence-electron chi connectivity index (χ4n) is 2.90. The molecule has 130 valence electrons. The van der Waals surface area contributed by atoms with Crippen LogP contribution in [0.15, 0.2) is 42.6 Å². The van der Waals surface area contributed by atoms with Crippen molar-refractivity contribution in [3.63, 3.8) is 0 Å². The Kier molecular flexibility index (Phi) is 5.12. The molecule has 5 nitrogen and oxygen atoms in total. The molecule has 1 aliphatic heterocycles. The van der Waals surface area contributed by atoms with Crippen molar-refractivity contribution in [1.29, 1.82) is 0 Å². The molecule has 0 spiro atoms. The summed E-state index contributed by atoms with van der Waals surface area (Å²) in [6.45, 7) is 5.70. The second kappa shape index (κ2) is 7.47. The van der Waals surface area contributed by atoms with Crippen molar-refractivity contribution in [1.82, 2.24) is 9.88 Å². The van der Waals surface area contributed by atoms with Crippen LogP contribution in [0.5, 0.6) is 0 Å². The van der Waals surface area contributed by atoms with Crippen molar-refractivity contribution in [3.8, 4) is 0 Å². The van der Waals surface area contributed by atoms with Crippen molar-refractivity contribution in [2.24, 2.45) is 5.92 Å². The van der Waals surface area contributed by atoms with Gasteiger partial charge < -0.3 is 10.2 Å². The molecule has 0 radical (unpaired) electrons. The lowest BCUT2D eigenvalue weighted by molar-refractivity contribution is 0.0691. The number of hydrogen-bond acceptors (Lipinski definition) is 3. The summed E-state index contributed by atoms with van der Waals surface area (Å²) in [6, 6.07) is 10.8. The molecular weight excluding hydrogens is 314 g/mol. The molecule has 2 aromatic rings. The van der Waals surface area contributed by atoms with Gasteiger partial charge in [-0.3, -0.25) is 14.6 Å². The molecule has 0 saturated carbocycles. The fraction of sp³-hybridized carbons (Fsp3) is 0.350. The van der Waals surface area contributed by atoms with Gasteiger partial charge in [-0.1, -0.05) is 24.6 Å². The number of likely N-dealkylation sites (tertiary alicyclic amines) is 1. The molecule has 1 saturated heterocycles. The van der Waals surface area contributed by atoms with Gasteiger partial charge in [-0.05, 0) is 49.9 Å². The van der Waals surface area contributed by atoms with Crippen LogP contribution in [0.1, 0.15) is 46.2 Å². The summed E-state index contributed by atoms with van der Waals surface area (Å²) < 4.78 is 0. The highest BCUT2D eigenvalue weighted by Gasteiger charge is 2.23. The van der Waals surface area contributed by atoms with Crippen LogP contribution in [-0.2, 0) is 0 Å². The lowest BCUT2D eigenvalue weighted by Crippen LogP contribution is -2.38. The van der Waals surface area contributed by atoms with Gasteiger partial charge in [0, 0.05) is 30.5 Å². The Bertz CT molecular complexity index is 763. The molecule has 0 aliphatic carbocycles. The summed E-state index contributed by atoms with van der Waals surface area (Å²) in [7, 11) is 0. The molecule has 0 unspecified atom stereocenters. The zero-order chi connectivity index (χ0) is 17.8. The minimum atomic E-state index is -0.243. The van der Waals surface area contributed by atoms with E-state index in [0.29, 0.717) is 17.2 Å². The molecular formula is C20H23N3O2. The maximum absolute atomic E-state index is 12.6. The monoisotopic (exact) mass is 337 g/mol. The van der Waals surface area contributed by atoms with Gasteiger partial charge in [0.2, 0.25) is 0 Å². The number of aromatic nitrogens is 1. The van der Waals surface area contributed by atoms with Crippen molar-refractivity contribution in [2.45, 2.75) is 26.7 Å². The lowest BCUT2D eigenvalue weighted by Gasteiger charge is -2.30. The largest absolute Gasteiger partial charge is 0.337 e. The van der Waals surface area contributed by atoms with Gasteiger partial charge in [-0.15, -0.1) is 0 Å². The number of benzene rings is 1. The van der Waals surface area contributed by atoms with E-state index >= 15 is 0 Å². The maximum Gasteiger partial charge on any atom is 0.272 e. The zero-order valence-electron chi connectivity index (χ0n) is 14.7. The Morgan fingerprint density at radius 1 is 1.12 bits per heavy atom. The molecule has 2 heterocycles. The highest BCUT2D eigenvalue weighted by molar-refractivity contribution is 6.05. The molecule has 1 fully saturated rings. The first kappa shape index (κ1) is 17.1. The summed E-state index contributed by atoms with van der Waals surface area (Å²) in [6.07, 6.45) is 3.54. The lowest BCUT2D eigenvalue weighted by atomic mass is 9.99. The number of nitrogens with one attached hydrogen (secondary N) is 1. The van der Waals surface area contributed by atoms with Gasteiger partial charge in [0.1, 0.15) is 5.69 Å². The Balaban J connectivity index is 1.71. The van der Waals surface area contributed by atoms with Crippen LogP contribution >= 0.6 is 0 Å². The summed E-state index contributed by atoms with van der Waals surface area (Å²) in [5.74, 6) is 0.313. The molecule has 5 heteroatoms. The van der Waals surface area contributed by atoms with Gasteiger partial charge in [0.25, 0.3) is 11.8 Å². The first-order chi connectivity index (χ1) is 12.0. The quantitative estimate of drug-likeness (QED) is 0.932. The van der Waals surface area contributed by atoms with Crippen LogP contribution in [0.25, 0.3) is 0 Å². The van der Waals surface area contributed by atoms with Gasteiger partial charge in [-0.25, -0.2) is 0 Å². The van der Waals surface area contributed by atoms with Crippen LogP contribution in [-0.4, -0.2) is 34.8 Å². The minimum Gasteiger partial charge on any atom is -0.337 e. The third kappa shape index (κ3) is 4.24. The van der Waals surface area contributed by atoms with Crippen LogP contribution < -0.4 is 5.32 Å². The third-order valence-corrected chi connectivity index (χ3v) is 4.62. The van der Waals surface area contributed by atoms with E-state index in [1.165, 1.54) is 6.20 Å². The number of amides is 2. The Labute approximate surface area is 148 Å². The van der Waals surface area contributed by atoms with Crippen molar-refractivity contribution in [2.75, 3.05) is 18.4 Å². The van der Waals surface area contributed by atoms with E-state index in [-0.39, 0.29) is 11.8 Å². The summed E-state index contributed by atoms with van der Waals surface area (Å²) in [5.41, 5.74) is 2.62. The molecule has 1 N–H and O–H groups in total. The van der Waals surface area contributed by atoms with Crippen LogP contribution in [0.2, 0.25) is 0 Å². The van der Waals surface area contributed by atoms with Crippen LogP contribution in [0.3, 0.4) is 0 Å². The van der Waals surface area contributed by atoms with E-state index in [1.807, 2.05) is 36.1 Å². The molecule has 0 atom stereocenters. The van der Waals surface area contributed by atoms with E-state index in [2.05, 4.69) is 17.2 Å². The van der Waals surface area contributed by atoms with E-state index in [0.717, 1.165) is 37.2 Å². The van der Waals surface area contributed by atoms with E-state index in [4.69, 9.17) is 0 Å².